The minimum Gasteiger partial charge on any atom is -0.493 e. The van der Waals surface area contributed by atoms with Gasteiger partial charge in [-0.15, -0.1) is 0 Å². The molecule has 0 fully saturated rings. The van der Waals surface area contributed by atoms with Crippen LogP contribution in [0.2, 0.25) is 0 Å². The van der Waals surface area contributed by atoms with Crippen LogP contribution in [0.1, 0.15) is 31.0 Å². The second-order valence-electron chi connectivity index (χ2n) is 4.65. The monoisotopic (exact) mass is 241 g/mol. The molecule has 18 heavy (non-hydrogen) atoms. The fraction of sp³-hybridized carbons (Fsp3) is 0.312. The molecular weight excluding hydrogens is 222 g/mol. The van der Waals surface area contributed by atoms with Gasteiger partial charge in [-0.2, -0.15) is 0 Å². The molecule has 0 spiro atoms. The van der Waals surface area contributed by atoms with E-state index in [1.54, 1.807) is 0 Å². The van der Waals surface area contributed by atoms with Gasteiger partial charge in [-0.05, 0) is 35.7 Å². The quantitative estimate of drug-likeness (QED) is 0.793. The Morgan fingerprint density at radius 2 is 2.00 bits per heavy atom. The third kappa shape index (κ3) is 3.59. The highest BCUT2D eigenvalue weighted by Gasteiger charge is 2.01. The highest BCUT2D eigenvalue weighted by molar-refractivity contribution is 5.30. The summed E-state index contributed by atoms with van der Waals surface area (Å²) in [7, 11) is 0. The van der Waals surface area contributed by atoms with Crippen molar-refractivity contribution in [2.24, 2.45) is 0 Å². The van der Waals surface area contributed by atoms with E-state index in [-0.39, 0.29) is 0 Å². The molecule has 0 atom stereocenters. The van der Waals surface area contributed by atoms with E-state index in [0.717, 1.165) is 17.9 Å². The van der Waals surface area contributed by atoms with Crippen molar-refractivity contribution in [3.05, 3.63) is 59.9 Å². The van der Waals surface area contributed by atoms with E-state index < -0.39 is 0 Å². The normalized spacial score (nSPS) is 10.6. The first-order valence-corrected chi connectivity index (χ1v) is 6.38. The van der Waals surface area contributed by atoms with Gasteiger partial charge in [0.15, 0.2) is 0 Å². The number of pyridine rings is 1. The number of hydrogen-bond donors (Lipinski definition) is 0. The highest BCUT2D eigenvalue weighted by atomic mass is 16.5. The molecule has 2 rings (SSSR count). The minimum atomic E-state index is 0.532. The third-order valence-corrected chi connectivity index (χ3v) is 2.88. The molecule has 1 aromatic heterocycles. The fourth-order valence-electron chi connectivity index (χ4n) is 1.78. The van der Waals surface area contributed by atoms with Gasteiger partial charge in [0.1, 0.15) is 5.75 Å². The average molecular weight is 241 g/mol. The fourth-order valence-corrected chi connectivity index (χ4v) is 1.78. The lowest BCUT2D eigenvalue weighted by Crippen LogP contribution is -2.03. The average Bonchev–Trinajstić information content (AvgIpc) is 2.40. The van der Waals surface area contributed by atoms with Crippen LogP contribution in [0.4, 0.5) is 0 Å². The van der Waals surface area contributed by atoms with Crippen molar-refractivity contribution in [1.29, 1.82) is 0 Å². The van der Waals surface area contributed by atoms with Gasteiger partial charge in [-0.3, -0.25) is 4.98 Å². The molecule has 0 amide bonds. The third-order valence-electron chi connectivity index (χ3n) is 2.88. The summed E-state index contributed by atoms with van der Waals surface area (Å²) < 4.78 is 5.76. The SMILES string of the molecule is CC(C)c1cccc(OCCc2ccccn2)c1. The Hall–Kier alpha value is -1.83. The van der Waals surface area contributed by atoms with Gasteiger partial charge >= 0.3 is 0 Å². The second-order valence-corrected chi connectivity index (χ2v) is 4.65. The summed E-state index contributed by atoms with van der Waals surface area (Å²) in [6, 6.07) is 14.3. The minimum absolute atomic E-state index is 0.532. The van der Waals surface area contributed by atoms with Crippen molar-refractivity contribution in [3.63, 3.8) is 0 Å². The van der Waals surface area contributed by atoms with Gasteiger partial charge < -0.3 is 4.74 Å². The molecule has 0 bridgehead atoms. The van der Waals surface area contributed by atoms with Crippen LogP contribution < -0.4 is 4.74 Å². The summed E-state index contributed by atoms with van der Waals surface area (Å²) in [5, 5.41) is 0. The predicted molar refractivity (Wildman–Crippen MR) is 74.0 cm³/mol. The maximum Gasteiger partial charge on any atom is 0.119 e. The van der Waals surface area contributed by atoms with Crippen molar-refractivity contribution in [3.8, 4) is 5.75 Å². The predicted octanol–water partition coefficient (Wildman–Crippen LogP) is 3.83. The van der Waals surface area contributed by atoms with E-state index in [1.165, 1.54) is 5.56 Å². The molecule has 0 saturated carbocycles. The molecule has 0 saturated heterocycles. The van der Waals surface area contributed by atoms with Gasteiger partial charge in [0, 0.05) is 18.3 Å². The standard InChI is InChI=1S/C16H19NO/c1-13(2)14-6-5-8-16(12-14)18-11-9-15-7-3-4-10-17-15/h3-8,10,12-13H,9,11H2,1-2H3. The Balaban J connectivity index is 1.89. The summed E-state index contributed by atoms with van der Waals surface area (Å²) >= 11 is 0. The Labute approximate surface area is 109 Å². The van der Waals surface area contributed by atoms with Crippen LogP contribution in [-0.2, 0) is 6.42 Å². The van der Waals surface area contributed by atoms with E-state index in [4.69, 9.17) is 4.74 Å². The van der Waals surface area contributed by atoms with E-state index in [9.17, 15) is 0 Å². The molecule has 1 aromatic carbocycles. The number of nitrogens with zero attached hydrogens (tertiary/aromatic N) is 1. The van der Waals surface area contributed by atoms with E-state index in [2.05, 4.69) is 31.0 Å². The molecule has 2 nitrogen and oxygen atoms in total. The van der Waals surface area contributed by atoms with Crippen molar-refractivity contribution >= 4 is 0 Å². The lowest BCUT2D eigenvalue weighted by atomic mass is 10.0. The molecule has 2 heteroatoms. The first-order chi connectivity index (χ1) is 8.75. The Morgan fingerprint density at radius 3 is 2.72 bits per heavy atom. The maximum atomic E-state index is 5.76. The molecule has 0 N–H and O–H groups in total. The van der Waals surface area contributed by atoms with Crippen LogP contribution in [0.3, 0.4) is 0 Å². The van der Waals surface area contributed by atoms with Gasteiger partial charge in [-0.25, -0.2) is 0 Å². The topological polar surface area (TPSA) is 22.1 Å². The first-order valence-electron chi connectivity index (χ1n) is 6.38. The van der Waals surface area contributed by atoms with Gasteiger partial charge in [0.05, 0.1) is 6.61 Å². The summed E-state index contributed by atoms with van der Waals surface area (Å²) in [6.45, 7) is 5.04. The van der Waals surface area contributed by atoms with Gasteiger partial charge in [0.25, 0.3) is 0 Å². The summed E-state index contributed by atoms with van der Waals surface area (Å²) in [5.74, 6) is 1.47. The molecular formula is C16H19NO. The lowest BCUT2D eigenvalue weighted by molar-refractivity contribution is 0.320. The lowest BCUT2D eigenvalue weighted by Gasteiger charge is -2.09. The zero-order chi connectivity index (χ0) is 12.8. The molecule has 0 aliphatic carbocycles. The summed E-state index contributed by atoms with van der Waals surface area (Å²) in [5.41, 5.74) is 2.38. The largest absolute Gasteiger partial charge is 0.493 e. The summed E-state index contributed by atoms with van der Waals surface area (Å²) in [6.07, 6.45) is 2.65. The highest BCUT2D eigenvalue weighted by Crippen LogP contribution is 2.20. The number of benzene rings is 1. The Morgan fingerprint density at radius 1 is 1.11 bits per heavy atom. The zero-order valence-electron chi connectivity index (χ0n) is 11.0. The van der Waals surface area contributed by atoms with E-state index in [1.807, 2.05) is 36.5 Å². The van der Waals surface area contributed by atoms with Crippen LogP contribution in [0.15, 0.2) is 48.7 Å². The molecule has 0 aliphatic rings. The van der Waals surface area contributed by atoms with Crippen LogP contribution in [0, 0.1) is 0 Å². The van der Waals surface area contributed by atoms with E-state index >= 15 is 0 Å². The number of ether oxygens (including phenoxy) is 1. The van der Waals surface area contributed by atoms with Crippen molar-refractivity contribution < 1.29 is 4.74 Å². The summed E-state index contributed by atoms with van der Waals surface area (Å²) in [4.78, 5) is 4.28. The van der Waals surface area contributed by atoms with Crippen LogP contribution in [-0.4, -0.2) is 11.6 Å². The smallest absolute Gasteiger partial charge is 0.119 e. The number of hydrogen-bond acceptors (Lipinski definition) is 2. The first kappa shape index (κ1) is 12.6. The molecule has 2 aromatic rings. The second kappa shape index (κ2) is 6.20. The number of rotatable bonds is 5. The van der Waals surface area contributed by atoms with Crippen LogP contribution >= 0.6 is 0 Å². The molecule has 0 unspecified atom stereocenters. The molecule has 0 radical (unpaired) electrons. The maximum absolute atomic E-state index is 5.76. The Kier molecular flexibility index (Phi) is 4.35. The number of aromatic nitrogens is 1. The van der Waals surface area contributed by atoms with Crippen molar-refractivity contribution in [1.82, 2.24) is 4.98 Å². The van der Waals surface area contributed by atoms with Gasteiger partial charge in [0.2, 0.25) is 0 Å². The Bertz CT molecular complexity index is 479. The van der Waals surface area contributed by atoms with Crippen molar-refractivity contribution in [2.75, 3.05) is 6.61 Å². The van der Waals surface area contributed by atoms with E-state index in [0.29, 0.717) is 12.5 Å². The van der Waals surface area contributed by atoms with Crippen molar-refractivity contribution in [2.45, 2.75) is 26.2 Å². The van der Waals surface area contributed by atoms with Crippen LogP contribution in [0.5, 0.6) is 5.75 Å². The molecule has 1 heterocycles. The molecule has 0 aliphatic heterocycles. The van der Waals surface area contributed by atoms with Crippen LogP contribution in [0.25, 0.3) is 0 Å². The van der Waals surface area contributed by atoms with Gasteiger partial charge in [-0.1, -0.05) is 32.0 Å². The zero-order valence-corrected chi connectivity index (χ0v) is 11.0. The molecule has 94 valence electrons.